The number of nitrogens with zero attached hydrogens (tertiary/aromatic N) is 5. The number of likely N-dealkylation sites (tertiary alicyclic amines) is 1. The molecule has 4 rings (SSSR count). The molecule has 3 heterocycles. The first-order valence-electron chi connectivity index (χ1n) is 9.75. The highest BCUT2D eigenvalue weighted by atomic mass is 16.4. The molecule has 0 N–H and O–H groups in total. The first kappa shape index (κ1) is 17.3. The number of anilines is 1. The third kappa shape index (κ3) is 3.41. The number of carbonyl (C=O) groups is 2. The van der Waals surface area contributed by atoms with E-state index in [1.165, 1.54) is 19.3 Å². The lowest BCUT2D eigenvalue weighted by Gasteiger charge is -2.35. The Morgan fingerprint density at radius 1 is 1.08 bits per heavy atom. The van der Waals surface area contributed by atoms with Crippen molar-refractivity contribution in [2.24, 2.45) is 5.92 Å². The molecule has 8 nitrogen and oxygen atoms in total. The molecular weight excluding hydrogens is 334 g/mol. The minimum absolute atomic E-state index is 0.123. The van der Waals surface area contributed by atoms with Gasteiger partial charge in [-0.15, -0.1) is 5.10 Å². The molecule has 2 saturated heterocycles. The van der Waals surface area contributed by atoms with Crippen LogP contribution in [0.15, 0.2) is 4.42 Å². The van der Waals surface area contributed by atoms with E-state index in [1.54, 1.807) is 6.92 Å². The summed E-state index contributed by atoms with van der Waals surface area (Å²) in [5, 5.41) is 7.90. The smallest absolute Gasteiger partial charge is 0.318 e. The summed E-state index contributed by atoms with van der Waals surface area (Å²) in [4.78, 5) is 31.2. The van der Waals surface area contributed by atoms with Gasteiger partial charge in [-0.25, -0.2) is 0 Å². The Hall–Kier alpha value is -2.12. The van der Waals surface area contributed by atoms with Gasteiger partial charge in [-0.2, -0.15) is 0 Å². The van der Waals surface area contributed by atoms with Gasteiger partial charge in [0.25, 0.3) is 0 Å². The molecule has 1 atom stereocenters. The number of aromatic nitrogens is 2. The summed E-state index contributed by atoms with van der Waals surface area (Å²) in [6.07, 6.45) is 6.22. The Labute approximate surface area is 153 Å². The molecule has 1 aromatic rings. The third-order valence-corrected chi connectivity index (χ3v) is 5.90. The van der Waals surface area contributed by atoms with Gasteiger partial charge in [0.2, 0.25) is 17.7 Å². The summed E-state index contributed by atoms with van der Waals surface area (Å²) in [5.74, 6) is 0.653. The van der Waals surface area contributed by atoms with E-state index in [9.17, 15) is 9.59 Å². The molecule has 8 heteroatoms. The predicted molar refractivity (Wildman–Crippen MR) is 94.5 cm³/mol. The van der Waals surface area contributed by atoms with Gasteiger partial charge in [0, 0.05) is 52.1 Å². The summed E-state index contributed by atoms with van der Waals surface area (Å²) in [6, 6.07) is 0.876. The number of piperazine rings is 1. The molecule has 2 amide bonds. The van der Waals surface area contributed by atoms with Crippen molar-refractivity contribution in [2.45, 2.75) is 51.5 Å². The van der Waals surface area contributed by atoms with E-state index in [2.05, 4.69) is 10.2 Å². The molecular formula is C18H27N5O3. The molecule has 1 unspecified atom stereocenters. The second-order valence-electron chi connectivity index (χ2n) is 7.65. The fourth-order valence-electron chi connectivity index (χ4n) is 4.43. The van der Waals surface area contributed by atoms with Crippen LogP contribution in [0.1, 0.15) is 44.4 Å². The van der Waals surface area contributed by atoms with Gasteiger partial charge in [-0.05, 0) is 12.8 Å². The lowest BCUT2D eigenvalue weighted by Crippen LogP contribution is -2.51. The molecule has 26 heavy (non-hydrogen) atoms. The van der Waals surface area contributed by atoms with E-state index in [1.807, 2.05) is 14.7 Å². The van der Waals surface area contributed by atoms with E-state index in [0.29, 0.717) is 57.1 Å². The van der Waals surface area contributed by atoms with Gasteiger partial charge in [-0.1, -0.05) is 24.4 Å². The predicted octanol–water partition coefficient (Wildman–Crippen LogP) is 1.21. The zero-order valence-electron chi connectivity index (χ0n) is 15.4. The first-order chi connectivity index (χ1) is 12.6. The molecule has 0 spiro atoms. The Morgan fingerprint density at radius 3 is 2.46 bits per heavy atom. The van der Waals surface area contributed by atoms with Crippen LogP contribution in [0.5, 0.6) is 0 Å². The normalized spacial score (nSPS) is 25.2. The largest absolute Gasteiger partial charge is 0.408 e. The fraction of sp³-hybridized carbons (Fsp3) is 0.778. The van der Waals surface area contributed by atoms with Crippen LogP contribution in [-0.2, 0) is 9.59 Å². The average molecular weight is 361 g/mol. The first-order valence-corrected chi connectivity index (χ1v) is 9.75. The van der Waals surface area contributed by atoms with Crippen molar-refractivity contribution in [2.75, 3.05) is 37.6 Å². The van der Waals surface area contributed by atoms with Crippen LogP contribution < -0.4 is 4.90 Å². The maximum atomic E-state index is 12.9. The number of rotatable bonds is 3. The number of amides is 2. The Morgan fingerprint density at radius 2 is 1.81 bits per heavy atom. The summed E-state index contributed by atoms with van der Waals surface area (Å²) in [5.41, 5.74) is 0. The SMILES string of the molecule is Cc1nnc(N2CCN(C(=O)C3CC(=O)N(C4CCCCC4)C3)CC2)o1. The van der Waals surface area contributed by atoms with Crippen molar-refractivity contribution in [3.63, 3.8) is 0 Å². The zero-order chi connectivity index (χ0) is 18.1. The number of aryl methyl sites for hydroxylation is 1. The minimum atomic E-state index is -0.179. The van der Waals surface area contributed by atoms with Crippen molar-refractivity contribution in [3.8, 4) is 0 Å². The van der Waals surface area contributed by atoms with Crippen LogP contribution in [0, 0.1) is 12.8 Å². The van der Waals surface area contributed by atoms with Crippen molar-refractivity contribution in [1.82, 2.24) is 20.0 Å². The van der Waals surface area contributed by atoms with Crippen LogP contribution in [0.25, 0.3) is 0 Å². The van der Waals surface area contributed by atoms with Crippen LogP contribution in [0.4, 0.5) is 6.01 Å². The van der Waals surface area contributed by atoms with E-state index < -0.39 is 0 Å². The molecule has 1 aliphatic carbocycles. The Balaban J connectivity index is 1.31. The molecule has 142 valence electrons. The van der Waals surface area contributed by atoms with E-state index in [4.69, 9.17) is 4.42 Å². The minimum Gasteiger partial charge on any atom is -0.408 e. The van der Waals surface area contributed by atoms with Gasteiger partial charge in [-0.3, -0.25) is 9.59 Å². The van der Waals surface area contributed by atoms with Crippen LogP contribution in [0.2, 0.25) is 0 Å². The van der Waals surface area contributed by atoms with Crippen LogP contribution >= 0.6 is 0 Å². The lowest BCUT2D eigenvalue weighted by atomic mass is 9.94. The van der Waals surface area contributed by atoms with Gasteiger partial charge in [0.1, 0.15) is 0 Å². The number of hydrogen-bond acceptors (Lipinski definition) is 6. The fourth-order valence-corrected chi connectivity index (χ4v) is 4.43. The summed E-state index contributed by atoms with van der Waals surface area (Å²) < 4.78 is 5.46. The van der Waals surface area contributed by atoms with E-state index in [0.717, 1.165) is 12.8 Å². The highest BCUT2D eigenvalue weighted by Gasteiger charge is 2.40. The number of carbonyl (C=O) groups excluding carboxylic acids is 2. The topological polar surface area (TPSA) is 82.8 Å². The molecule has 3 aliphatic rings. The maximum Gasteiger partial charge on any atom is 0.318 e. The van der Waals surface area contributed by atoms with Crippen molar-refractivity contribution in [1.29, 1.82) is 0 Å². The monoisotopic (exact) mass is 361 g/mol. The average Bonchev–Trinajstić information content (AvgIpc) is 3.28. The summed E-state index contributed by atoms with van der Waals surface area (Å²) in [7, 11) is 0. The number of hydrogen-bond donors (Lipinski definition) is 0. The van der Waals surface area contributed by atoms with Gasteiger partial charge in [0.15, 0.2) is 0 Å². The molecule has 0 bridgehead atoms. The lowest BCUT2D eigenvalue weighted by molar-refractivity contribution is -0.136. The molecule has 3 fully saturated rings. The van der Waals surface area contributed by atoms with Crippen molar-refractivity contribution >= 4 is 17.8 Å². The van der Waals surface area contributed by atoms with Gasteiger partial charge in [0.05, 0.1) is 5.92 Å². The maximum absolute atomic E-state index is 12.9. The van der Waals surface area contributed by atoms with Crippen LogP contribution in [0.3, 0.4) is 0 Å². The van der Waals surface area contributed by atoms with E-state index >= 15 is 0 Å². The summed E-state index contributed by atoms with van der Waals surface area (Å²) in [6.45, 7) is 5.00. The van der Waals surface area contributed by atoms with Crippen LogP contribution in [-0.4, -0.2) is 70.6 Å². The van der Waals surface area contributed by atoms with Gasteiger partial charge >= 0.3 is 6.01 Å². The van der Waals surface area contributed by atoms with Crippen molar-refractivity contribution < 1.29 is 14.0 Å². The Bertz CT molecular complexity index is 662. The molecule has 1 saturated carbocycles. The molecule has 2 aliphatic heterocycles. The second kappa shape index (κ2) is 7.25. The molecule has 0 radical (unpaired) electrons. The second-order valence-corrected chi connectivity index (χ2v) is 7.65. The highest BCUT2D eigenvalue weighted by Crippen LogP contribution is 2.29. The third-order valence-electron chi connectivity index (χ3n) is 5.90. The zero-order valence-corrected chi connectivity index (χ0v) is 15.4. The quantitative estimate of drug-likeness (QED) is 0.805. The van der Waals surface area contributed by atoms with Gasteiger partial charge < -0.3 is 19.1 Å². The molecule has 0 aromatic carbocycles. The highest BCUT2D eigenvalue weighted by molar-refractivity contribution is 5.89. The standard InChI is InChI=1S/C18H27N5O3/c1-13-19-20-18(26-13)22-9-7-21(8-10-22)17(25)14-11-16(24)23(12-14)15-5-3-2-4-6-15/h14-15H,2-12H2,1H3. The van der Waals surface area contributed by atoms with E-state index in [-0.39, 0.29) is 17.7 Å². The Kier molecular flexibility index (Phi) is 4.82. The summed E-state index contributed by atoms with van der Waals surface area (Å²) >= 11 is 0. The molecule has 1 aromatic heterocycles. The van der Waals surface area contributed by atoms with Crippen molar-refractivity contribution in [3.05, 3.63) is 5.89 Å².